The first-order chi connectivity index (χ1) is 7.44. The van der Waals surface area contributed by atoms with E-state index in [1.165, 1.54) is 5.56 Å². The monoisotopic (exact) mass is 234 g/mol. The van der Waals surface area contributed by atoms with Gasteiger partial charge in [-0.3, -0.25) is 0 Å². The van der Waals surface area contributed by atoms with Crippen LogP contribution in [0.4, 0.5) is 5.69 Å². The normalized spacial score (nSPS) is 11.1. The van der Waals surface area contributed by atoms with Gasteiger partial charge in [0.05, 0.1) is 11.5 Å². The maximum absolute atomic E-state index is 8.90. The molecule has 0 fully saturated rings. The molecular weight excluding hydrogens is 216 g/mol. The molecule has 0 atom stereocenters. The average molecular weight is 234 g/mol. The highest BCUT2D eigenvalue weighted by Gasteiger charge is 2.16. The number of rotatable bonds is 4. The molecule has 16 heavy (non-hydrogen) atoms. The van der Waals surface area contributed by atoms with Gasteiger partial charge in [-0.25, -0.2) is 0 Å². The van der Waals surface area contributed by atoms with Crippen LogP contribution in [0.15, 0.2) is 23.1 Å². The van der Waals surface area contributed by atoms with Gasteiger partial charge in [0.25, 0.3) is 0 Å². The van der Waals surface area contributed by atoms with Crippen molar-refractivity contribution < 1.29 is 0 Å². The van der Waals surface area contributed by atoms with Crippen LogP contribution in [0.5, 0.6) is 0 Å². The van der Waals surface area contributed by atoms with Crippen molar-refractivity contribution in [2.75, 3.05) is 11.5 Å². The van der Waals surface area contributed by atoms with E-state index in [4.69, 9.17) is 11.0 Å². The van der Waals surface area contributed by atoms with Crippen LogP contribution in [0.1, 0.15) is 25.8 Å². The Morgan fingerprint density at radius 2 is 2.12 bits per heavy atom. The van der Waals surface area contributed by atoms with Gasteiger partial charge >= 0.3 is 0 Å². The maximum atomic E-state index is 8.90. The second kappa shape index (κ2) is 5.27. The number of nitrogen functional groups attached to an aromatic ring is 1. The van der Waals surface area contributed by atoms with Crippen molar-refractivity contribution in [2.45, 2.75) is 32.1 Å². The number of anilines is 1. The fraction of sp³-hybridized carbons (Fsp3) is 0.462. The average Bonchev–Trinajstić information content (AvgIpc) is 2.21. The molecule has 2 nitrogen and oxygen atoms in total. The van der Waals surface area contributed by atoms with Gasteiger partial charge in [0, 0.05) is 10.6 Å². The van der Waals surface area contributed by atoms with E-state index in [2.05, 4.69) is 18.2 Å². The molecule has 0 heterocycles. The molecule has 0 aliphatic carbocycles. The SMILES string of the molecule is Cc1ccc(SCCC(C)(C)C#N)c(N)c1. The predicted molar refractivity (Wildman–Crippen MR) is 70.3 cm³/mol. The van der Waals surface area contributed by atoms with Crippen molar-refractivity contribution in [1.29, 1.82) is 5.26 Å². The van der Waals surface area contributed by atoms with Crippen LogP contribution >= 0.6 is 11.8 Å². The van der Waals surface area contributed by atoms with E-state index in [0.29, 0.717) is 0 Å². The Balaban J connectivity index is 2.53. The standard InChI is InChI=1S/C13H18N2S/c1-10-4-5-12(11(15)8-10)16-7-6-13(2,3)9-14/h4-5,8H,6-7,15H2,1-3H3. The zero-order chi connectivity index (χ0) is 12.2. The van der Waals surface area contributed by atoms with E-state index in [1.54, 1.807) is 11.8 Å². The second-order valence-corrected chi connectivity index (χ2v) is 5.77. The summed E-state index contributed by atoms with van der Waals surface area (Å²) in [7, 11) is 0. The molecule has 2 N–H and O–H groups in total. The minimum absolute atomic E-state index is 0.244. The Bertz CT molecular complexity index is 405. The molecule has 0 saturated carbocycles. The van der Waals surface area contributed by atoms with Crippen LogP contribution < -0.4 is 5.73 Å². The number of hydrogen-bond acceptors (Lipinski definition) is 3. The van der Waals surface area contributed by atoms with Gasteiger partial charge in [-0.1, -0.05) is 6.07 Å². The first-order valence-electron chi connectivity index (χ1n) is 5.35. The lowest BCUT2D eigenvalue weighted by Gasteiger charge is -2.14. The zero-order valence-corrected chi connectivity index (χ0v) is 10.9. The molecular formula is C13H18N2S. The smallest absolute Gasteiger partial charge is 0.0684 e. The largest absolute Gasteiger partial charge is 0.398 e. The summed E-state index contributed by atoms with van der Waals surface area (Å²) in [5, 5.41) is 8.90. The Morgan fingerprint density at radius 3 is 2.69 bits per heavy atom. The van der Waals surface area contributed by atoms with Crippen molar-refractivity contribution >= 4 is 17.4 Å². The van der Waals surface area contributed by atoms with Gasteiger partial charge < -0.3 is 5.73 Å². The number of benzene rings is 1. The van der Waals surface area contributed by atoms with E-state index < -0.39 is 0 Å². The van der Waals surface area contributed by atoms with E-state index >= 15 is 0 Å². The first-order valence-corrected chi connectivity index (χ1v) is 6.33. The number of nitriles is 1. The van der Waals surface area contributed by atoms with Gasteiger partial charge in [-0.15, -0.1) is 11.8 Å². The summed E-state index contributed by atoms with van der Waals surface area (Å²) >= 11 is 1.72. The third-order valence-corrected chi connectivity index (χ3v) is 3.54. The molecule has 0 aliphatic rings. The molecule has 86 valence electrons. The van der Waals surface area contributed by atoms with Gasteiger partial charge in [0.2, 0.25) is 0 Å². The van der Waals surface area contributed by atoms with Gasteiger partial charge in [0.1, 0.15) is 0 Å². The third kappa shape index (κ3) is 3.79. The number of thioether (sulfide) groups is 1. The highest BCUT2D eigenvalue weighted by Crippen LogP contribution is 2.29. The molecule has 0 spiro atoms. The predicted octanol–water partition coefficient (Wildman–Crippen LogP) is 3.61. The molecule has 0 amide bonds. The van der Waals surface area contributed by atoms with Crippen LogP contribution in [0.25, 0.3) is 0 Å². The van der Waals surface area contributed by atoms with Crippen molar-refractivity contribution in [3.05, 3.63) is 23.8 Å². The number of aryl methyl sites for hydroxylation is 1. The van der Waals surface area contributed by atoms with E-state index in [9.17, 15) is 0 Å². The highest BCUT2D eigenvalue weighted by molar-refractivity contribution is 7.99. The van der Waals surface area contributed by atoms with E-state index in [0.717, 1.165) is 22.8 Å². The molecule has 0 aromatic heterocycles. The summed E-state index contributed by atoms with van der Waals surface area (Å²) in [6, 6.07) is 8.40. The topological polar surface area (TPSA) is 49.8 Å². The van der Waals surface area contributed by atoms with Gasteiger partial charge in [-0.05, 0) is 50.6 Å². The summed E-state index contributed by atoms with van der Waals surface area (Å²) in [4.78, 5) is 1.11. The zero-order valence-electron chi connectivity index (χ0n) is 10.1. The molecule has 0 saturated heterocycles. The minimum Gasteiger partial charge on any atom is -0.398 e. The third-order valence-electron chi connectivity index (χ3n) is 2.45. The number of nitrogens with zero attached hydrogens (tertiary/aromatic N) is 1. The second-order valence-electron chi connectivity index (χ2n) is 4.64. The lowest BCUT2D eigenvalue weighted by Crippen LogP contribution is -2.08. The van der Waals surface area contributed by atoms with E-state index in [1.807, 2.05) is 26.8 Å². The lowest BCUT2D eigenvalue weighted by molar-refractivity contribution is 0.482. The Morgan fingerprint density at radius 1 is 1.44 bits per heavy atom. The van der Waals surface area contributed by atoms with Crippen molar-refractivity contribution in [2.24, 2.45) is 5.41 Å². The fourth-order valence-electron chi connectivity index (χ4n) is 1.27. The number of nitrogens with two attached hydrogens (primary N) is 1. The van der Waals surface area contributed by atoms with Crippen molar-refractivity contribution in [3.8, 4) is 6.07 Å². The lowest BCUT2D eigenvalue weighted by atomic mass is 9.93. The van der Waals surface area contributed by atoms with Gasteiger partial charge in [-0.2, -0.15) is 5.26 Å². The fourth-order valence-corrected chi connectivity index (χ4v) is 2.49. The molecule has 0 unspecified atom stereocenters. The molecule has 1 aromatic rings. The summed E-state index contributed by atoms with van der Waals surface area (Å²) in [6.07, 6.45) is 0.876. The van der Waals surface area contributed by atoms with Crippen LogP contribution in [0.3, 0.4) is 0 Å². The Kier molecular flexibility index (Phi) is 4.26. The van der Waals surface area contributed by atoms with Crippen LogP contribution in [-0.4, -0.2) is 5.75 Å². The Labute approximate surface area is 102 Å². The molecule has 0 radical (unpaired) electrons. The highest BCUT2D eigenvalue weighted by atomic mass is 32.2. The number of hydrogen-bond donors (Lipinski definition) is 1. The molecule has 0 bridgehead atoms. The van der Waals surface area contributed by atoms with E-state index in [-0.39, 0.29) is 5.41 Å². The van der Waals surface area contributed by atoms with Crippen LogP contribution in [-0.2, 0) is 0 Å². The molecule has 3 heteroatoms. The van der Waals surface area contributed by atoms with Crippen LogP contribution in [0.2, 0.25) is 0 Å². The van der Waals surface area contributed by atoms with Gasteiger partial charge in [0.15, 0.2) is 0 Å². The summed E-state index contributed by atoms with van der Waals surface area (Å²) in [5.41, 5.74) is 7.69. The van der Waals surface area contributed by atoms with Crippen molar-refractivity contribution in [3.63, 3.8) is 0 Å². The summed E-state index contributed by atoms with van der Waals surface area (Å²) < 4.78 is 0. The summed E-state index contributed by atoms with van der Waals surface area (Å²) in [6.45, 7) is 5.96. The van der Waals surface area contributed by atoms with Crippen molar-refractivity contribution in [1.82, 2.24) is 0 Å². The molecule has 0 aliphatic heterocycles. The maximum Gasteiger partial charge on any atom is 0.0684 e. The Hall–Kier alpha value is -1.14. The molecule has 1 rings (SSSR count). The molecule has 1 aromatic carbocycles. The quantitative estimate of drug-likeness (QED) is 0.639. The van der Waals surface area contributed by atoms with Crippen LogP contribution in [0, 0.1) is 23.7 Å². The first kappa shape index (κ1) is 12.9. The minimum atomic E-state index is -0.244. The summed E-state index contributed by atoms with van der Waals surface area (Å²) in [5.74, 6) is 0.924.